The lowest BCUT2D eigenvalue weighted by molar-refractivity contribution is -0.130. The summed E-state index contributed by atoms with van der Waals surface area (Å²) in [6.07, 6.45) is 2.06. The lowest BCUT2D eigenvalue weighted by Crippen LogP contribution is -2.39. The molecule has 8 heteroatoms. The van der Waals surface area contributed by atoms with E-state index in [1.807, 2.05) is 41.3 Å². The van der Waals surface area contributed by atoms with Gasteiger partial charge in [-0.3, -0.25) is 14.7 Å². The first-order valence-corrected chi connectivity index (χ1v) is 9.98. The van der Waals surface area contributed by atoms with Crippen LogP contribution in [0.5, 0.6) is 0 Å². The second-order valence-corrected chi connectivity index (χ2v) is 7.66. The molecular formula is C22H20N6O2. The van der Waals surface area contributed by atoms with Crippen LogP contribution in [0.4, 0.5) is 11.4 Å². The zero-order chi connectivity index (χ0) is 20.7. The first-order chi connectivity index (χ1) is 14.6. The molecule has 30 heavy (non-hydrogen) atoms. The van der Waals surface area contributed by atoms with Crippen molar-refractivity contribution < 1.29 is 9.59 Å². The van der Waals surface area contributed by atoms with Crippen molar-refractivity contribution >= 4 is 34.1 Å². The Labute approximate surface area is 173 Å². The molecule has 0 bridgehead atoms. The Morgan fingerprint density at radius 1 is 1.23 bits per heavy atom. The normalized spacial score (nSPS) is 15.5. The number of nitrogens with zero attached hydrogens (tertiary/aromatic N) is 4. The van der Waals surface area contributed by atoms with Gasteiger partial charge in [-0.2, -0.15) is 10.4 Å². The molecule has 3 aromatic rings. The zero-order valence-electron chi connectivity index (χ0n) is 16.3. The summed E-state index contributed by atoms with van der Waals surface area (Å²) in [6, 6.07) is 13.3. The zero-order valence-corrected chi connectivity index (χ0v) is 16.3. The second kappa shape index (κ2) is 7.19. The van der Waals surface area contributed by atoms with E-state index in [1.54, 1.807) is 4.90 Å². The summed E-state index contributed by atoms with van der Waals surface area (Å²) >= 11 is 0. The fraction of sp³-hybridized carbons (Fsp3) is 0.273. The number of nitriles is 1. The third-order valence-corrected chi connectivity index (χ3v) is 5.75. The number of carbonyl (C=O) groups is 2. The summed E-state index contributed by atoms with van der Waals surface area (Å²) in [4.78, 5) is 29.1. The average Bonchev–Trinajstić information content (AvgIpc) is 3.48. The Morgan fingerprint density at radius 3 is 2.87 bits per heavy atom. The van der Waals surface area contributed by atoms with E-state index in [0.29, 0.717) is 23.5 Å². The highest BCUT2D eigenvalue weighted by molar-refractivity contribution is 6.05. The summed E-state index contributed by atoms with van der Waals surface area (Å²) in [5.74, 6) is -0.125. The van der Waals surface area contributed by atoms with E-state index in [0.717, 1.165) is 48.1 Å². The maximum Gasteiger partial charge on any atom is 0.257 e. The van der Waals surface area contributed by atoms with E-state index >= 15 is 0 Å². The molecule has 150 valence electrons. The molecule has 8 nitrogen and oxygen atoms in total. The molecule has 3 heterocycles. The first kappa shape index (κ1) is 18.2. The fourth-order valence-electron chi connectivity index (χ4n) is 4.21. The van der Waals surface area contributed by atoms with Crippen molar-refractivity contribution in [3.8, 4) is 6.07 Å². The number of nitrogens with one attached hydrogen (secondary N) is 2. The molecule has 2 aliphatic rings. The largest absolute Gasteiger partial charge is 0.355 e. The molecule has 2 N–H and O–H groups in total. The third kappa shape index (κ3) is 3.05. The number of amides is 2. The number of hydrogen-bond donors (Lipinski definition) is 2. The van der Waals surface area contributed by atoms with Gasteiger partial charge in [0.1, 0.15) is 12.6 Å². The Hall–Kier alpha value is -3.86. The third-order valence-electron chi connectivity index (χ3n) is 5.75. The Balaban J connectivity index is 1.39. The van der Waals surface area contributed by atoms with E-state index in [1.165, 1.54) is 0 Å². The highest BCUT2D eigenvalue weighted by Crippen LogP contribution is 2.32. The van der Waals surface area contributed by atoms with Gasteiger partial charge in [0.25, 0.3) is 5.91 Å². The SMILES string of the molecule is N#Cc1n[nH]c2ccc(Nc3cccc4c3C(=O)N(CC(=O)N3CCCC3)C4)cc12. The molecule has 0 atom stereocenters. The number of hydrogen-bond acceptors (Lipinski definition) is 5. The van der Waals surface area contributed by atoms with Crippen molar-refractivity contribution in [2.24, 2.45) is 0 Å². The molecule has 1 fully saturated rings. The molecule has 0 saturated carbocycles. The van der Waals surface area contributed by atoms with Crippen molar-refractivity contribution in [1.29, 1.82) is 5.26 Å². The summed E-state index contributed by atoms with van der Waals surface area (Å²) in [6.45, 7) is 2.10. The van der Waals surface area contributed by atoms with E-state index in [4.69, 9.17) is 0 Å². The highest BCUT2D eigenvalue weighted by Gasteiger charge is 2.32. The van der Waals surface area contributed by atoms with Crippen LogP contribution >= 0.6 is 0 Å². The van der Waals surface area contributed by atoms with Crippen LogP contribution in [-0.2, 0) is 11.3 Å². The van der Waals surface area contributed by atoms with Gasteiger partial charge in [-0.05, 0) is 42.7 Å². The van der Waals surface area contributed by atoms with Crippen LogP contribution in [-0.4, -0.2) is 51.4 Å². The smallest absolute Gasteiger partial charge is 0.257 e. The van der Waals surface area contributed by atoms with Crippen LogP contribution in [0.2, 0.25) is 0 Å². The number of carbonyl (C=O) groups excluding carboxylic acids is 2. The van der Waals surface area contributed by atoms with Crippen LogP contribution in [0.15, 0.2) is 36.4 Å². The molecular weight excluding hydrogens is 380 g/mol. The number of aromatic nitrogens is 2. The van der Waals surface area contributed by atoms with E-state index in [2.05, 4.69) is 21.6 Å². The Kier molecular flexibility index (Phi) is 4.36. The van der Waals surface area contributed by atoms with Crippen LogP contribution in [0.1, 0.15) is 34.5 Å². The molecule has 0 aliphatic carbocycles. The predicted octanol–water partition coefficient (Wildman–Crippen LogP) is 2.76. The standard InChI is InChI=1S/C22H20N6O2/c23-11-19-16-10-15(6-7-17(16)25-26-19)24-18-5-3-4-14-12-28(22(30)21(14)18)13-20(29)27-8-1-2-9-27/h3-7,10,24H,1-2,8-9,12-13H2,(H,25,26). The first-order valence-electron chi connectivity index (χ1n) is 9.98. The lowest BCUT2D eigenvalue weighted by Gasteiger charge is -2.20. The quantitative estimate of drug-likeness (QED) is 0.701. The van der Waals surface area contributed by atoms with Crippen LogP contribution in [0.3, 0.4) is 0 Å². The number of H-pyrrole nitrogens is 1. The maximum atomic E-state index is 13.1. The number of aromatic amines is 1. The number of anilines is 2. The fourth-order valence-corrected chi connectivity index (χ4v) is 4.21. The number of benzene rings is 2. The van der Waals surface area contributed by atoms with E-state index < -0.39 is 0 Å². The van der Waals surface area contributed by atoms with Crippen molar-refractivity contribution in [1.82, 2.24) is 20.0 Å². The van der Waals surface area contributed by atoms with Crippen molar-refractivity contribution in [2.45, 2.75) is 19.4 Å². The molecule has 0 radical (unpaired) electrons. The van der Waals surface area contributed by atoms with Crippen LogP contribution in [0.25, 0.3) is 10.9 Å². The minimum atomic E-state index is -0.136. The van der Waals surface area contributed by atoms with Crippen molar-refractivity contribution in [2.75, 3.05) is 25.0 Å². The summed E-state index contributed by atoms with van der Waals surface area (Å²) in [5.41, 5.74) is 4.05. The Bertz CT molecular complexity index is 1200. The predicted molar refractivity (Wildman–Crippen MR) is 111 cm³/mol. The van der Waals surface area contributed by atoms with Gasteiger partial charge >= 0.3 is 0 Å². The molecule has 1 aromatic heterocycles. The minimum absolute atomic E-state index is 0.0117. The number of likely N-dealkylation sites (tertiary alicyclic amines) is 1. The van der Waals surface area contributed by atoms with Crippen molar-refractivity contribution in [3.05, 3.63) is 53.2 Å². The van der Waals surface area contributed by atoms with Gasteiger partial charge in [0.05, 0.1) is 16.8 Å². The van der Waals surface area contributed by atoms with Gasteiger partial charge in [-0.25, -0.2) is 0 Å². The van der Waals surface area contributed by atoms with E-state index in [9.17, 15) is 14.9 Å². The van der Waals surface area contributed by atoms with Gasteiger partial charge in [0, 0.05) is 30.7 Å². The topological polar surface area (TPSA) is 105 Å². The molecule has 5 rings (SSSR count). The number of rotatable bonds is 4. The Morgan fingerprint density at radius 2 is 2.07 bits per heavy atom. The average molecular weight is 400 g/mol. The molecule has 2 amide bonds. The maximum absolute atomic E-state index is 13.1. The molecule has 0 spiro atoms. The minimum Gasteiger partial charge on any atom is -0.355 e. The van der Waals surface area contributed by atoms with E-state index in [-0.39, 0.29) is 18.4 Å². The van der Waals surface area contributed by atoms with Gasteiger partial charge in [0.2, 0.25) is 5.91 Å². The van der Waals surface area contributed by atoms with Gasteiger partial charge in [0.15, 0.2) is 5.69 Å². The molecule has 0 unspecified atom stereocenters. The highest BCUT2D eigenvalue weighted by atomic mass is 16.2. The molecule has 2 aromatic carbocycles. The second-order valence-electron chi connectivity index (χ2n) is 7.66. The van der Waals surface area contributed by atoms with Crippen LogP contribution < -0.4 is 5.32 Å². The van der Waals surface area contributed by atoms with Crippen molar-refractivity contribution in [3.63, 3.8) is 0 Å². The monoisotopic (exact) mass is 400 g/mol. The van der Waals surface area contributed by atoms with Gasteiger partial charge in [-0.1, -0.05) is 12.1 Å². The summed E-state index contributed by atoms with van der Waals surface area (Å²) in [7, 11) is 0. The van der Waals surface area contributed by atoms with Gasteiger partial charge in [-0.15, -0.1) is 0 Å². The van der Waals surface area contributed by atoms with Crippen LogP contribution in [0, 0.1) is 11.3 Å². The van der Waals surface area contributed by atoms with Gasteiger partial charge < -0.3 is 15.1 Å². The lowest BCUT2D eigenvalue weighted by atomic mass is 10.1. The molecule has 1 saturated heterocycles. The molecule has 2 aliphatic heterocycles. The number of fused-ring (bicyclic) bond motifs is 2. The summed E-state index contributed by atoms with van der Waals surface area (Å²) < 4.78 is 0. The summed E-state index contributed by atoms with van der Waals surface area (Å²) in [5, 5.41) is 20.1.